The van der Waals surface area contributed by atoms with Crippen LogP contribution in [0.1, 0.15) is 19.8 Å². The number of ether oxygens (including phenoxy) is 2. The Morgan fingerprint density at radius 2 is 1.81 bits per heavy atom. The van der Waals surface area contributed by atoms with Gasteiger partial charge in [0.2, 0.25) is 5.91 Å². The van der Waals surface area contributed by atoms with Crippen molar-refractivity contribution in [2.45, 2.75) is 24.9 Å². The fourth-order valence-electron chi connectivity index (χ4n) is 3.88. The molecule has 4 rings (SSSR count). The normalized spacial score (nSPS) is 14.5. The van der Waals surface area contributed by atoms with E-state index in [0.29, 0.717) is 39.2 Å². The van der Waals surface area contributed by atoms with Gasteiger partial charge < -0.3 is 14.4 Å². The Morgan fingerprint density at radius 1 is 1.09 bits per heavy atom. The predicted molar refractivity (Wildman–Crippen MR) is 126 cm³/mol. The third-order valence-corrected chi connectivity index (χ3v) is 6.75. The van der Waals surface area contributed by atoms with Crippen LogP contribution >= 0.6 is 11.8 Å². The standard InChI is InChI=1S/C24H27N3O4S/c1-16-10-12-26(13-11-16)22(28)15-32-24-25-19-7-5-4-6-18(19)23(29)27(24)17-8-9-20(30-2)21(14-17)31-3/h4-9,14,16H,10-13,15H2,1-3H3. The van der Waals surface area contributed by atoms with Gasteiger partial charge in [0.05, 0.1) is 36.6 Å². The summed E-state index contributed by atoms with van der Waals surface area (Å²) in [6.45, 7) is 3.79. The molecule has 0 atom stereocenters. The molecule has 1 aliphatic heterocycles. The summed E-state index contributed by atoms with van der Waals surface area (Å²) in [6, 6.07) is 12.5. The van der Waals surface area contributed by atoms with Crippen LogP contribution in [0.4, 0.5) is 0 Å². The lowest BCUT2D eigenvalue weighted by Gasteiger charge is -2.30. The molecule has 0 spiro atoms. The number of piperidine rings is 1. The largest absolute Gasteiger partial charge is 0.493 e. The number of hydrogen-bond acceptors (Lipinski definition) is 6. The maximum Gasteiger partial charge on any atom is 0.266 e. The lowest BCUT2D eigenvalue weighted by molar-refractivity contribution is -0.129. The number of carbonyl (C=O) groups excluding carboxylic acids is 1. The summed E-state index contributed by atoms with van der Waals surface area (Å²) in [5, 5.41) is 0.989. The third kappa shape index (κ3) is 4.46. The number of hydrogen-bond donors (Lipinski definition) is 0. The molecular weight excluding hydrogens is 426 g/mol. The van der Waals surface area contributed by atoms with E-state index < -0.39 is 0 Å². The summed E-state index contributed by atoms with van der Waals surface area (Å²) in [5.41, 5.74) is 1.02. The number of carbonyl (C=O) groups is 1. The second kappa shape index (κ2) is 9.65. The molecule has 168 valence electrons. The summed E-state index contributed by atoms with van der Waals surface area (Å²) >= 11 is 1.29. The van der Waals surface area contributed by atoms with Gasteiger partial charge in [-0.15, -0.1) is 0 Å². The van der Waals surface area contributed by atoms with Gasteiger partial charge in [-0.05, 0) is 43.0 Å². The Balaban J connectivity index is 1.71. The molecule has 2 aromatic carbocycles. The summed E-state index contributed by atoms with van der Waals surface area (Å²) in [4.78, 5) is 32.9. The van der Waals surface area contributed by atoms with Crippen molar-refractivity contribution in [2.75, 3.05) is 33.1 Å². The van der Waals surface area contributed by atoms with Gasteiger partial charge in [-0.25, -0.2) is 4.98 Å². The van der Waals surface area contributed by atoms with Crippen LogP contribution in [0.3, 0.4) is 0 Å². The minimum Gasteiger partial charge on any atom is -0.493 e. The number of nitrogens with zero attached hydrogens (tertiary/aromatic N) is 3. The molecule has 2 heterocycles. The van der Waals surface area contributed by atoms with Crippen LogP contribution in [0.15, 0.2) is 52.4 Å². The van der Waals surface area contributed by atoms with Crippen molar-refractivity contribution >= 4 is 28.6 Å². The molecule has 1 fully saturated rings. The maximum absolute atomic E-state index is 13.4. The molecule has 8 heteroatoms. The van der Waals surface area contributed by atoms with Crippen LogP contribution in [0.5, 0.6) is 11.5 Å². The van der Waals surface area contributed by atoms with Crippen LogP contribution in [-0.4, -0.2) is 53.4 Å². The average Bonchev–Trinajstić information content (AvgIpc) is 2.82. The number of aromatic nitrogens is 2. The third-order valence-electron chi connectivity index (χ3n) is 5.83. The van der Waals surface area contributed by atoms with Crippen molar-refractivity contribution in [3.8, 4) is 17.2 Å². The van der Waals surface area contributed by atoms with E-state index >= 15 is 0 Å². The van der Waals surface area contributed by atoms with E-state index in [1.165, 1.54) is 11.8 Å². The van der Waals surface area contributed by atoms with E-state index in [1.807, 2.05) is 23.1 Å². The van der Waals surface area contributed by atoms with Crippen molar-refractivity contribution in [1.82, 2.24) is 14.5 Å². The maximum atomic E-state index is 13.4. The van der Waals surface area contributed by atoms with Gasteiger partial charge in [-0.1, -0.05) is 30.8 Å². The van der Waals surface area contributed by atoms with E-state index in [1.54, 1.807) is 43.1 Å². The van der Waals surface area contributed by atoms with Crippen molar-refractivity contribution in [1.29, 1.82) is 0 Å². The molecule has 0 saturated carbocycles. The molecule has 0 unspecified atom stereocenters. The summed E-state index contributed by atoms with van der Waals surface area (Å²) < 4.78 is 12.3. The highest BCUT2D eigenvalue weighted by atomic mass is 32.2. The Bertz CT molecular complexity index is 1190. The number of rotatable bonds is 6. The highest BCUT2D eigenvalue weighted by Gasteiger charge is 2.22. The van der Waals surface area contributed by atoms with Crippen molar-refractivity contribution in [3.63, 3.8) is 0 Å². The van der Waals surface area contributed by atoms with Crippen LogP contribution in [0.25, 0.3) is 16.6 Å². The first-order chi connectivity index (χ1) is 15.5. The number of thioether (sulfide) groups is 1. The fraction of sp³-hybridized carbons (Fsp3) is 0.375. The van der Waals surface area contributed by atoms with Crippen LogP contribution in [-0.2, 0) is 4.79 Å². The number of benzene rings is 2. The molecule has 1 saturated heterocycles. The fourth-order valence-corrected chi connectivity index (χ4v) is 4.79. The molecule has 1 amide bonds. The number of para-hydroxylation sites is 1. The van der Waals surface area contributed by atoms with Gasteiger partial charge in [0.25, 0.3) is 5.56 Å². The lowest BCUT2D eigenvalue weighted by atomic mass is 9.99. The number of likely N-dealkylation sites (tertiary alicyclic amines) is 1. The quantitative estimate of drug-likeness (QED) is 0.418. The van der Waals surface area contributed by atoms with E-state index in [0.717, 1.165) is 25.9 Å². The Labute approximate surface area is 191 Å². The molecule has 0 N–H and O–H groups in total. The first-order valence-electron chi connectivity index (χ1n) is 10.7. The predicted octanol–water partition coefficient (Wildman–Crippen LogP) is 3.75. The van der Waals surface area contributed by atoms with Crippen molar-refractivity contribution in [2.24, 2.45) is 5.92 Å². The van der Waals surface area contributed by atoms with Crippen molar-refractivity contribution in [3.05, 3.63) is 52.8 Å². The SMILES string of the molecule is COc1ccc(-n2c(SCC(=O)N3CCC(C)CC3)nc3ccccc3c2=O)cc1OC. The summed E-state index contributed by atoms with van der Waals surface area (Å²) in [5.74, 6) is 2.04. The molecule has 0 radical (unpaired) electrons. The zero-order valence-electron chi connectivity index (χ0n) is 18.5. The number of methoxy groups -OCH3 is 2. The Kier molecular flexibility index (Phi) is 6.69. The second-order valence-corrected chi connectivity index (χ2v) is 8.89. The van der Waals surface area contributed by atoms with E-state index in [-0.39, 0.29) is 17.2 Å². The molecule has 3 aromatic rings. The molecule has 0 aliphatic carbocycles. The zero-order valence-corrected chi connectivity index (χ0v) is 19.4. The number of fused-ring (bicyclic) bond motifs is 1. The van der Waals surface area contributed by atoms with Gasteiger partial charge in [0, 0.05) is 19.2 Å². The van der Waals surface area contributed by atoms with Crippen LogP contribution in [0.2, 0.25) is 0 Å². The second-order valence-electron chi connectivity index (χ2n) is 7.94. The first-order valence-corrected chi connectivity index (χ1v) is 11.6. The summed E-state index contributed by atoms with van der Waals surface area (Å²) in [7, 11) is 3.12. The summed E-state index contributed by atoms with van der Waals surface area (Å²) in [6.07, 6.45) is 2.06. The monoisotopic (exact) mass is 453 g/mol. The molecule has 1 aliphatic rings. The topological polar surface area (TPSA) is 73.7 Å². The molecule has 32 heavy (non-hydrogen) atoms. The van der Waals surface area contributed by atoms with E-state index in [2.05, 4.69) is 6.92 Å². The highest BCUT2D eigenvalue weighted by Crippen LogP contribution is 2.31. The molecular formula is C24H27N3O4S. The zero-order chi connectivity index (χ0) is 22.7. The lowest BCUT2D eigenvalue weighted by Crippen LogP contribution is -2.39. The first kappa shape index (κ1) is 22.2. The smallest absolute Gasteiger partial charge is 0.266 e. The number of amides is 1. The Morgan fingerprint density at radius 3 is 2.53 bits per heavy atom. The van der Waals surface area contributed by atoms with E-state index in [4.69, 9.17) is 14.5 Å². The minimum atomic E-state index is -0.190. The molecule has 0 bridgehead atoms. The minimum absolute atomic E-state index is 0.0724. The highest BCUT2D eigenvalue weighted by molar-refractivity contribution is 7.99. The van der Waals surface area contributed by atoms with Gasteiger partial charge in [-0.2, -0.15) is 0 Å². The van der Waals surface area contributed by atoms with Gasteiger partial charge in [0.15, 0.2) is 16.7 Å². The van der Waals surface area contributed by atoms with E-state index in [9.17, 15) is 9.59 Å². The van der Waals surface area contributed by atoms with Gasteiger partial charge in [0.1, 0.15) is 0 Å². The van der Waals surface area contributed by atoms with Crippen molar-refractivity contribution < 1.29 is 14.3 Å². The molecule has 1 aromatic heterocycles. The van der Waals surface area contributed by atoms with Gasteiger partial charge in [-0.3, -0.25) is 14.2 Å². The molecule has 7 nitrogen and oxygen atoms in total. The average molecular weight is 454 g/mol. The van der Waals surface area contributed by atoms with Crippen LogP contribution in [0, 0.1) is 5.92 Å². The van der Waals surface area contributed by atoms with Gasteiger partial charge >= 0.3 is 0 Å². The van der Waals surface area contributed by atoms with Crippen LogP contribution < -0.4 is 15.0 Å². The Hall–Kier alpha value is -3.00.